The van der Waals surface area contributed by atoms with Crippen LogP contribution in [0.15, 0.2) is 103 Å². The van der Waals surface area contributed by atoms with Crippen LogP contribution in [0.5, 0.6) is 11.5 Å². The Labute approximate surface area is 254 Å². The van der Waals surface area contributed by atoms with Gasteiger partial charge in [-0.1, -0.05) is 90.5 Å². The largest absolute Gasteiger partial charge is 0.457 e. The van der Waals surface area contributed by atoms with Gasteiger partial charge in [0.05, 0.1) is 11.7 Å². The Hall–Kier alpha value is -4.59. The fraction of sp³-hybridized carbons (Fsp3) is 0.250. The van der Waals surface area contributed by atoms with Crippen LogP contribution in [0.4, 0.5) is 0 Å². The van der Waals surface area contributed by atoms with Crippen molar-refractivity contribution in [3.05, 3.63) is 137 Å². The highest BCUT2D eigenvalue weighted by molar-refractivity contribution is 5.49. The van der Waals surface area contributed by atoms with Crippen LogP contribution in [0, 0.1) is 20.8 Å². The molecular formula is C36H38N6O. The standard InChI is InChI=1S/C36H38N6O/c1-27-17-19-32(20-18-27)43-33-16-8-15-31(26-33)35(36-37-38-39-42(36)34-28(2)10-7-11-29(34)3)41-24-22-40(23-25-41)21-9-14-30-12-5-4-6-13-30/h4-20,26,35H,21-25H2,1-3H3/b14-9+/t35-/m1/s1. The third-order valence-corrected chi connectivity index (χ3v) is 8.07. The second kappa shape index (κ2) is 13.2. The molecule has 0 radical (unpaired) electrons. The minimum Gasteiger partial charge on any atom is -0.457 e. The molecule has 2 heterocycles. The molecule has 0 N–H and O–H groups in total. The average molecular weight is 571 g/mol. The van der Waals surface area contributed by atoms with Crippen LogP contribution in [0.2, 0.25) is 0 Å². The van der Waals surface area contributed by atoms with Gasteiger partial charge in [0.25, 0.3) is 0 Å². The Bertz CT molecular complexity index is 1650. The Morgan fingerprint density at radius 2 is 1.49 bits per heavy atom. The zero-order valence-electron chi connectivity index (χ0n) is 25.1. The summed E-state index contributed by atoms with van der Waals surface area (Å²) >= 11 is 0. The van der Waals surface area contributed by atoms with Crippen molar-refractivity contribution in [3.63, 3.8) is 0 Å². The Morgan fingerprint density at radius 3 is 2.23 bits per heavy atom. The lowest BCUT2D eigenvalue weighted by molar-refractivity contribution is 0.113. The number of nitrogens with zero attached hydrogens (tertiary/aromatic N) is 6. The van der Waals surface area contributed by atoms with Crippen molar-refractivity contribution in [3.8, 4) is 17.2 Å². The number of piperazine rings is 1. The van der Waals surface area contributed by atoms with E-state index in [0.29, 0.717) is 0 Å². The molecule has 1 aliphatic rings. The number of rotatable bonds is 9. The third kappa shape index (κ3) is 6.74. The third-order valence-electron chi connectivity index (χ3n) is 8.07. The molecule has 4 aromatic carbocycles. The summed E-state index contributed by atoms with van der Waals surface area (Å²) in [7, 11) is 0. The molecular weight excluding hydrogens is 532 g/mol. The van der Waals surface area contributed by atoms with Crippen LogP contribution in [0.1, 0.15) is 39.7 Å². The van der Waals surface area contributed by atoms with Gasteiger partial charge in [0.2, 0.25) is 0 Å². The highest BCUT2D eigenvalue weighted by Crippen LogP contribution is 2.33. The van der Waals surface area contributed by atoms with Crippen molar-refractivity contribution in [2.75, 3.05) is 32.7 Å². The number of hydrogen-bond donors (Lipinski definition) is 0. The number of ether oxygens (including phenoxy) is 1. The van der Waals surface area contributed by atoms with Gasteiger partial charge in [-0.25, -0.2) is 0 Å². The van der Waals surface area contributed by atoms with Crippen molar-refractivity contribution >= 4 is 6.08 Å². The minimum atomic E-state index is -0.141. The number of para-hydroxylation sites is 1. The first-order valence-corrected chi connectivity index (χ1v) is 14.9. The van der Waals surface area contributed by atoms with Crippen LogP contribution >= 0.6 is 0 Å². The van der Waals surface area contributed by atoms with E-state index in [1.54, 1.807) is 0 Å². The smallest absolute Gasteiger partial charge is 0.178 e. The fourth-order valence-electron chi connectivity index (χ4n) is 5.78. The molecule has 0 bridgehead atoms. The average Bonchev–Trinajstić information content (AvgIpc) is 3.49. The van der Waals surface area contributed by atoms with E-state index >= 15 is 0 Å². The molecule has 7 nitrogen and oxygen atoms in total. The van der Waals surface area contributed by atoms with Gasteiger partial charge in [0.15, 0.2) is 5.82 Å². The summed E-state index contributed by atoms with van der Waals surface area (Å²) < 4.78 is 8.22. The first-order valence-electron chi connectivity index (χ1n) is 14.9. The first-order chi connectivity index (χ1) is 21.0. The molecule has 5 aromatic rings. The molecule has 1 fully saturated rings. The first kappa shape index (κ1) is 28.5. The van der Waals surface area contributed by atoms with Crippen LogP contribution in [0.3, 0.4) is 0 Å². The topological polar surface area (TPSA) is 59.3 Å². The van der Waals surface area contributed by atoms with E-state index in [1.807, 2.05) is 28.9 Å². The number of aryl methyl sites for hydroxylation is 3. The van der Waals surface area contributed by atoms with Gasteiger partial charge < -0.3 is 4.74 Å². The Balaban J connectivity index is 1.29. The van der Waals surface area contributed by atoms with E-state index in [-0.39, 0.29) is 6.04 Å². The quantitative estimate of drug-likeness (QED) is 0.194. The van der Waals surface area contributed by atoms with Gasteiger partial charge in [-0.15, -0.1) is 5.10 Å². The lowest BCUT2D eigenvalue weighted by atomic mass is 10.0. The van der Waals surface area contributed by atoms with E-state index in [0.717, 1.165) is 72.4 Å². The summed E-state index contributed by atoms with van der Waals surface area (Å²) in [6, 6.07) is 33.1. The molecule has 1 aromatic heterocycles. The number of aromatic nitrogens is 4. The maximum atomic E-state index is 6.29. The second-order valence-electron chi connectivity index (χ2n) is 11.2. The lowest BCUT2D eigenvalue weighted by Crippen LogP contribution is -2.48. The summed E-state index contributed by atoms with van der Waals surface area (Å²) in [6.07, 6.45) is 4.46. The molecule has 1 aliphatic heterocycles. The summed E-state index contributed by atoms with van der Waals surface area (Å²) in [6.45, 7) is 10.9. The van der Waals surface area contributed by atoms with E-state index < -0.39 is 0 Å². The summed E-state index contributed by atoms with van der Waals surface area (Å²) in [5, 5.41) is 13.3. The van der Waals surface area contributed by atoms with Crippen molar-refractivity contribution in [1.82, 2.24) is 30.0 Å². The molecule has 7 heteroatoms. The Kier molecular flexibility index (Phi) is 8.72. The van der Waals surface area contributed by atoms with E-state index in [9.17, 15) is 0 Å². The van der Waals surface area contributed by atoms with Gasteiger partial charge in [0, 0.05) is 32.7 Å². The van der Waals surface area contributed by atoms with Crippen molar-refractivity contribution in [2.24, 2.45) is 0 Å². The van der Waals surface area contributed by atoms with Crippen LogP contribution in [0.25, 0.3) is 11.8 Å². The lowest BCUT2D eigenvalue weighted by Gasteiger charge is -2.38. The van der Waals surface area contributed by atoms with Crippen LogP contribution in [-0.4, -0.2) is 62.7 Å². The highest BCUT2D eigenvalue weighted by Gasteiger charge is 2.31. The van der Waals surface area contributed by atoms with Gasteiger partial charge in [-0.2, -0.15) is 4.68 Å². The number of tetrazole rings is 1. The van der Waals surface area contributed by atoms with E-state index in [2.05, 4.69) is 131 Å². The minimum absolute atomic E-state index is 0.141. The Morgan fingerprint density at radius 1 is 0.767 bits per heavy atom. The zero-order valence-corrected chi connectivity index (χ0v) is 25.1. The van der Waals surface area contributed by atoms with Crippen molar-refractivity contribution in [2.45, 2.75) is 26.8 Å². The van der Waals surface area contributed by atoms with Gasteiger partial charge in [-0.05, 0) is 77.7 Å². The van der Waals surface area contributed by atoms with Crippen molar-refractivity contribution in [1.29, 1.82) is 0 Å². The molecule has 0 aliphatic carbocycles. The monoisotopic (exact) mass is 570 g/mol. The molecule has 1 saturated heterocycles. The molecule has 218 valence electrons. The zero-order chi connectivity index (χ0) is 29.6. The fourth-order valence-corrected chi connectivity index (χ4v) is 5.78. The molecule has 6 rings (SSSR count). The number of hydrogen-bond acceptors (Lipinski definition) is 6. The van der Waals surface area contributed by atoms with Crippen LogP contribution in [-0.2, 0) is 0 Å². The highest BCUT2D eigenvalue weighted by atomic mass is 16.5. The molecule has 1 atom stereocenters. The maximum Gasteiger partial charge on any atom is 0.178 e. The molecule has 43 heavy (non-hydrogen) atoms. The van der Waals surface area contributed by atoms with Gasteiger partial charge in [0.1, 0.15) is 11.5 Å². The summed E-state index contributed by atoms with van der Waals surface area (Å²) in [5.74, 6) is 2.42. The molecule has 0 amide bonds. The van der Waals surface area contributed by atoms with Crippen molar-refractivity contribution < 1.29 is 4.74 Å². The van der Waals surface area contributed by atoms with E-state index in [1.165, 1.54) is 11.1 Å². The summed E-state index contributed by atoms with van der Waals surface area (Å²) in [5.41, 5.74) is 6.84. The molecule has 0 spiro atoms. The molecule has 0 unspecified atom stereocenters. The summed E-state index contributed by atoms with van der Waals surface area (Å²) in [4.78, 5) is 5.00. The molecule has 0 saturated carbocycles. The normalized spacial score (nSPS) is 15.1. The van der Waals surface area contributed by atoms with Gasteiger partial charge in [-0.3, -0.25) is 9.80 Å². The number of benzene rings is 4. The van der Waals surface area contributed by atoms with Crippen LogP contribution < -0.4 is 4.74 Å². The maximum absolute atomic E-state index is 6.29. The second-order valence-corrected chi connectivity index (χ2v) is 11.2. The predicted molar refractivity (Wildman–Crippen MR) is 172 cm³/mol. The van der Waals surface area contributed by atoms with Gasteiger partial charge >= 0.3 is 0 Å². The SMILES string of the molecule is Cc1ccc(Oc2cccc([C@H](c3nnnn3-c3c(C)cccc3C)N3CCN(C/C=C/c4ccccc4)CC3)c2)cc1. The predicted octanol–water partition coefficient (Wildman–Crippen LogP) is 6.80. The van der Waals surface area contributed by atoms with E-state index in [4.69, 9.17) is 4.74 Å².